The second kappa shape index (κ2) is 8.21. The number of nitriles is 1. The Labute approximate surface area is 163 Å². The lowest BCUT2D eigenvalue weighted by Gasteiger charge is -2.12. The Morgan fingerprint density at radius 2 is 2.00 bits per heavy atom. The molecule has 0 aliphatic carbocycles. The lowest BCUT2D eigenvalue weighted by atomic mass is 10.1. The molecule has 1 aromatic heterocycles. The highest BCUT2D eigenvalue weighted by Crippen LogP contribution is 2.29. The molecule has 0 saturated heterocycles. The third kappa shape index (κ3) is 4.11. The number of nitrogens with one attached hydrogen (secondary N) is 1. The Kier molecular flexibility index (Phi) is 5.75. The van der Waals surface area contributed by atoms with Gasteiger partial charge < -0.3 is 9.72 Å². The summed E-state index contributed by atoms with van der Waals surface area (Å²) in [5.41, 5.74) is 1.36. The Balaban J connectivity index is 1.97. The van der Waals surface area contributed by atoms with Crippen molar-refractivity contribution in [2.45, 2.75) is 11.5 Å². The summed E-state index contributed by atoms with van der Waals surface area (Å²) in [5.74, 6) is 0.588. The average molecular weight is 399 g/mol. The minimum Gasteiger partial charge on any atom is -0.489 e. The SMILES string of the molecule is CS(=O)c1c(-c2cccc(OCc3ccccc3Cl)c2)c[nH]c(=O)c1C#N. The van der Waals surface area contributed by atoms with Crippen molar-refractivity contribution in [1.29, 1.82) is 5.26 Å². The molecule has 27 heavy (non-hydrogen) atoms. The first-order valence-electron chi connectivity index (χ1n) is 7.97. The van der Waals surface area contributed by atoms with E-state index in [0.717, 1.165) is 5.56 Å². The van der Waals surface area contributed by atoms with Crippen LogP contribution in [-0.2, 0) is 17.4 Å². The second-order valence-electron chi connectivity index (χ2n) is 5.71. The number of aromatic nitrogens is 1. The Morgan fingerprint density at radius 1 is 1.22 bits per heavy atom. The molecule has 136 valence electrons. The molecule has 0 fully saturated rings. The zero-order valence-electron chi connectivity index (χ0n) is 14.4. The summed E-state index contributed by atoms with van der Waals surface area (Å²) in [6, 6.07) is 16.4. The maximum Gasteiger partial charge on any atom is 0.267 e. The fourth-order valence-electron chi connectivity index (χ4n) is 2.66. The van der Waals surface area contributed by atoms with Crippen LogP contribution in [0.15, 0.2) is 64.4 Å². The van der Waals surface area contributed by atoms with E-state index in [1.165, 1.54) is 12.5 Å². The largest absolute Gasteiger partial charge is 0.489 e. The standard InChI is InChI=1S/C20H15ClN2O3S/c1-27(25)19-16(10-22)20(24)23-11-17(19)13-6-4-7-15(9-13)26-12-14-5-2-3-8-18(14)21/h2-9,11H,12H2,1H3,(H,23,24). The van der Waals surface area contributed by atoms with Crippen LogP contribution in [-0.4, -0.2) is 15.4 Å². The molecule has 3 aromatic rings. The molecular formula is C20H15ClN2O3S. The molecule has 1 atom stereocenters. The number of halogens is 1. The van der Waals surface area contributed by atoms with Gasteiger partial charge in [-0.3, -0.25) is 9.00 Å². The van der Waals surface area contributed by atoms with E-state index >= 15 is 0 Å². The molecule has 5 nitrogen and oxygen atoms in total. The Bertz CT molecular complexity index is 1120. The van der Waals surface area contributed by atoms with Crippen molar-refractivity contribution in [3.05, 3.63) is 81.2 Å². The number of benzene rings is 2. The van der Waals surface area contributed by atoms with Crippen molar-refractivity contribution in [3.8, 4) is 22.9 Å². The van der Waals surface area contributed by atoms with E-state index in [1.807, 2.05) is 24.3 Å². The molecule has 0 aliphatic heterocycles. The summed E-state index contributed by atoms with van der Waals surface area (Å²) in [6.45, 7) is 0.296. The van der Waals surface area contributed by atoms with Crippen LogP contribution < -0.4 is 10.3 Å². The lowest BCUT2D eigenvalue weighted by Crippen LogP contribution is -2.14. The summed E-state index contributed by atoms with van der Waals surface area (Å²) >= 11 is 6.14. The monoisotopic (exact) mass is 398 g/mol. The van der Waals surface area contributed by atoms with Crippen LogP contribution in [0.4, 0.5) is 0 Å². The fourth-order valence-corrected chi connectivity index (χ4v) is 3.76. The van der Waals surface area contributed by atoms with E-state index < -0.39 is 16.4 Å². The minimum absolute atomic E-state index is 0.143. The van der Waals surface area contributed by atoms with Gasteiger partial charge in [-0.05, 0) is 23.8 Å². The molecule has 1 heterocycles. The number of ether oxygens (including phenoxy) is 1. The molecule has 7 heteroatoms. The van der Waals surface area contributed by atoms with Gasteiger partial charge >= 0.3 is 0 Å². The van der Waals surface area contributed by atoms with Gasteiger partial charge in [0.25, 0.3) is 5.56 Å². The predicted molar refractivity (Wildman–Crippen MR) is 105 cm³/mol. The van der Waals surface area contributed by atoms with Crippen molar-refractivity contribution in [2.75, 3.05) is 6.26 Å². The maximum absolute atomic E-state index is 12.2. The molecule has 3 rings (SSSR count). The van der Waals surface area contributed by atoms with Crippen LogP contribution in [0.25, 0.3) is 11.1 Å². The van der Waals surface area contributed by atoms with Gasteiger partial charge in [-0.15, -0.1) is 0 Å². The van der Waals surface area contributed by atoms with Crippen LogP contribution in [0.1, 0.15) is 11.1 Å². The first-order valence-corrected chi connectivity index (χ1v) is 9.90. The normalized spacial score (nSPS) is 11.6. The highest BCUT2D eigenvalue weighted by molar-refractivity contribution is 7.84. The van der Waals surface area contributed by atoms with Crippen molar-refractivity contribution in [2.24, 2.45) is 0 Å². The highest BCUT2D eigenvalue weighted by atomic mass is 35.5. The Hall–Kier alpha value is -2.88. The topological polar surface area (TPSA) is 83.0 Å². The zero-order chi connectivity index (χ0) is 19.4. The quantitative estimate of drug-likeness (QED) is 0.706. The molecule has 1 unspecified atom stereocenters. The maximum atomic E-state index is 12.2. The van der Waals surface area contributed by atoms with E-state index in [9.17, 15) is 14.3 Å². The van der Waals surface area contributed by atoms with Crippen LogP contribution in [0, 0.1) is 11.3 Å². The summed E-state index contributed by atoms with van der Waals surface area (Å²) < 4.78 is 18.0. The van der Waals surface area contributed by atoms with Gasteiger partial charge in [0, 0.05) is 28.6 Å². The molecule has 2 aromatic carbocycles. The molecular weight excluding hydrogens is 384 g/mol. The highest BCUT2D eigenvalue weighted by Gasteiger charge is 2.17. The molecule has 0 bridgehead atoms. The number of H-pyrrole nitrogens is 1. The van der Waals surface area contributed by atoms with Gasteiger partial charge in [0.05, 0.1) is 15.7 Å². The van der Waals surface area contributed by atoms with Crippen LogP contribution in [0.3, 0.4) is 0 Å². The summed E-state index contributed by atoms with van der Waals surface area (Å²) in [4.78, 5) is 14.6. The van der Waals surface area contributed by atoms with Crippen LogP contribution in [0.2, 0.25) is 5.02 Å². The lowest BCUT2D eigenvalue weighted by molar-refractivity contribution is 0.306. The summed E-state index contributed by atoms with van der Waals surface area (Å²) in [7, 11) is -1.51. The van der Waals surface area contributed by atoms with Crippen molar-refractivity contribution in [1.82, 2.24) is 4.98 Å². The fraction of sp³-hybridized carbons (Fsp3) is 0.100. The molecule has 0 amide bonds. The summed E-state index contributed by atoms with van der Waals surface area (Å²) in [5, 5.41) is 9.89. The van der Waals surface area contributed by atoms with Crippen LogP contribution >= 0.6 is 11.6 Å². The minimum atomic E-state index is -1.51. The van der Waals surface area contributed by atoms with Crippen molar-refractivity contribution >= 4 is 22.4 Å². The first kappa shape index (κ1) is 18.9. The first-order chi connectivity index (χ1) is 13.0. The third-order valence-corrected chi connectivity index (χ3v) is 5.31. The average Bonchev–Trinajstić information content (AvgIpc) is 2.67. The molecule has 0 radical (unpaired) electrons. The molecule has 0 spiro atoms. The molecule has 0 saturated carbocycles. The number of aromatic amines is 1. The molecule has 0 aliphatic rings. The van der Waals surface area contributed by atoms with Gasteiger partial charge in [-0.2, -0.15) is 5.26 Å². The zero-order valence-corrected chi connectivity index (χ0v) is 15.9. The van der Waals surface area contributed by atoms with E-state index in [-0.39, 0.29) is 10.5 Å². The van der Waals surface area contributed by atoms with E-state index in [1.54, 1.807) is 30.3 Å². The molecule has 1 N–H and O–H groups in total. The summed E-state index contributed by atoms with van der Waals surface area (Å²) in [6.07, 6.45) is 2.91. The smallest absolute Gasteiger partial charge is 0.267 e. The van der Waals surface area contributed by atoms with Gasteiger partial charge in [-0.25, -0.2) is 0 Å². The third-order valence-electron chi connectivity index (χ3n) is 3.94. The van der Waals surface area contributed by atoms with E-state index in [0.29, 0.717) is 28.5 Å². The number of hydrogen-bond donors (Lipinski definition) is 1. The van der Waals surface area contributed by atoms with Crippen molar-refractivity contribution < 1.29 is 8.95 Å². The van der Waals surface area contributed by atoms with E-state index in [4.69, 9.17) is 16.3 Å². The van der Waals surface area contributed by atoms with Gasteiger partial charge in [-0.1, -0.05) is 41.9 Å². The number of nitrogens with zero attached hydrogens (tertiary/aromatic N) is 1. The second-order valence-corrected chi connectivity index (χ2v) is 7.43. The van der Waals surface area contributed by atoms with Crippen molar-refractivity contribution in [3.63, 3.8) is 0 Å². The van der Waals surface area contributed by atoms with Crippen LogP contribution in [0.5, 0.6) is 5.75 Å². The number of hydrogen-bond acceptors (Lipinski definition) is 4. The van der Waals surface area contributed by atoms with Gasteiger partial charge in [0.1, 0.15) is 24.0 Å². The van der Waals surface area contributed by atoms with Gasteiger partial charge in [0.15, 0.2) is 0 Å². The number of rotatable bonds is 5. The predicted octanol–water partition coefficient (Wildman–Crippen LogP) is 3.88. The number of pyridine rings is 1. The van der Waals surface area contributed by atoms with Gasteiger partial charge in [0.2, 0.25) is 0 Å². The Morgan fingerprint density at radius 3 is 2.70 bits per heavy atom. The van der Waals surface area contributed by atoms with E-state index in [2.05, 4.69) is 4.98 Å².